The van der Waals surface area contributed by atoms with Crippen LogP contribution < -0.4 is 15.4 Å². The summed E-state index contributed by atoms with van der Waals surface area (Å²) in [4.78, 5) is 24.9. The summed E-state index contributed by atoms with van der Waals surface area (Å²) in [5.41, 5.74) is 4.15. The van der Waals surface area contributed by atoms with Crippen LogP contribution in [-0.2, 0) is 11.3 Å². The highest BCUT2D eigenvalue weighted by atomic mass is 79.9. The van der Waals surface area contributed by atoms with Gasteiger partial charge in [-0.1, -0.05) is 72.8 Å². The third kappa shape index (κ3) is 6.33. The smallest absolute Gasteiger partial charge is 0.262 e. The van der Waals surface area contributed by atoms with Gasteiger partial charge in [0.15, 0.2) is 6.61 Å². The van der Waals surface area contributed by atoms with Gasteiger partial charge in [0.2, 0.25) is 0 Å². The van der Waals surface area contributed by atoms with E-state index in [0.717, 1.165) is 21.2 Å². The zero-order valence-electron chi connectivity index (χ0n) is 18.3. The third-order valence-electron chi connectivity index (χ3n) is 5.10. The lowest BCUT2D eigenvalue weighted by Gasteiger charge is -2.11. The van der Waals surface area contributed by atoms with Gasteiger partial charge < -0.3 is 15.4 Å². The molecule has 0 aliphatic carbocycles. The Bertz CT molecular complexity index is 1280. The highest BCUT2D eigenvalue weighted by Gasteiger charge is 2.10. The van der Waals surface area contributed by atoms with E-state index >= 15 is 0 Å². The molecule has 0 aliphatic heterocycles. The first kappa shape index (κ1) is 23.3. The summed E-state index contributed by atoms with van der Waals surface area (Å²) in [5.74, 6) is 0.0448. The molecule has 170 valence electrons. The van der Waals surface area contributed by atoms with E-state index in [1.54, 1.807) is 24.3 Å². The number of anilines is 1. The SMILES string of the molecule is O=C(COc1ccc(-c2ccccc2)cc1Br)Nc1cccc(C(=O)NCc2ccccc2)c1. The zero-order valence-corrected chi connectivity index (χ0v) is 19.9. The highest BCUT2D eigenvalue weighted by Crippen LogP contribution is 2.30. The summed E-state index contributed by atoms with van der Waals surface area (Å²) < 4.78 is 6.45. The number of carbonyl (C=O) groups is 2. The van der Waals surface area contributed by atoms with Gasteiger partial charge >= 0.3 is 0 Å². The Morgan fingerprint density at radius 2 is 1.50 bits per heavy atom. The molecule has 6 heteroatoms. The molecule has 4 aromatic carbocycles. The number of ether oxygens (including phenoxy) is 1. The number of nitrogens with one attached hydrogen (secondary N) is 2. The van der Waals surface area contributed by atoms with Gasteiger partial charge in [0.1, 0.15) is 5.75 Å². The Labute approximate surface area is 206 Å². The molecule has 4 rings (SSSR count). The van der Waals surface area contributed by atoms with Gasteiger partial charge in [-0.15, -0.1) is 0 Å². The molecule has 0 bridgehead atoms. The van der Waals surface area contributed by atoms with Crippen LogP contribution in [0.5, 0.6) is 5.75 Å². The predicted octanol–water partition coefficient (Wildman–Crippen LogP) is 6.06. The van der Waals surface area contributed by atoms with Crippen molar-refractivity contribution in [3.05, 3.63) is 119 Å². The number of amides is 2. The van der Waals surface area contributed by atoms with E-state index in [1.165, 1.54) is 0 Å². The summed E-state index contributed by atoms with van der Waals surface area (Å²) in [7, 11) is 0. The van der Waals surface area contributed by atoms with Crippen LogP contribution in [0.4, 0.5) is 5.69 Å². The molecule has 2 N–H and O–H groups in total. The molecule has 0 aliphatic rings. The van der Waals surface area contributed by atoms with E-state index in [9.17, 15) is 9.59 Å². The summed E-state index contributed by atoms with van der Waals surface area (Å²) in [6, 6.07) is 32.2. The zero-order chi connectivity index (χ0) is 23.8. The Morgan fingerprint density at radius 3 is 2.24 bits per heavy atom. The minimum Gasteiger partial charge on any atom is -0.483 e. The molecule has 0 spiro atoms. The number of benzene rings is 4. The van der Waals surface area contributed by atoms with Crippen LogP contribution in [-0.4, -0.2) is 18.4 Å². The Balaban J connectivity index is 1.31. The summed E-state index contributed by atoms with van der Waals surface area (Å²) in [6.45, 7) is 0.274. The molecular formula is C28H23BrN2O3. The third-order valence-corrected chi connectivity index (χ3v) is 5.72. The van der Waals surface area contributed by atoms with Crippen molar-refractivity contribution in [1.82, 2.24) is 5.32 Å². The molecule has 2 amide bonds. The fraction of sp³-hybridized carbons (Fsp3) is 0.0714. The number of hydrogen-bond acceptors (Lipinski definition) is 3. The van der Waals surface area contributed by atoms with E-state index in [4.69, 9.17) is 4.74 Å². The second-order valence-corrected chi connectivity index (χ2v) is 8.45. The molecule has 0 saturated carbocycles. The van der Waals surface area contributed by atoms with Crippen molar-refractivity contribution in [3.8, 4) is 16.9 Å². The summed E-state index contributed by atoms with van der Waals surface area (Å²) in [6.07, 6.45) is 0. The topological polar surface area (TPSA) is 67.4 Å². The molecule has 0 fully saturated rings. The van der Waals surface area contributed by atoms with E-state index in [2.05, 4.69) is 26.6 Å². The highest BCUT2D eigenvalue weighted by molar-refractivity contribution is 9.10. The maximum absolute atomic E-state index is 12.5. The van der Waals surface area contributed by atoms with E-state index in [-0.39, 0.29) is 18.4 Å². The summed E-state index contributed by atoms with van der Waals surface area (Å²) >= 11 is 3.52. The predicted molar refractivity (Wildman–Crippen MR) is 138 cm³/mol. The van der Waals surface area contributed by atoms with Crippen molar-refractivity contribution in [1.29, 1.82) is 0 Å². The quantitative estimate of drug-likeness (QED) is 0.300. The van der Waals surface area contributed by atoms with Gasteiger partial charge in [0, 0.05) is 17.8 Å². The van der Waals surface area contributed by atoms with Crippen LogP contribution >= 0.6 is 15.9 Å². The standard InChI is InChI=1S/C28H23BrN2O3/c29-25-17-22(21-10-5-2-6-11-21)14-15-26(25)34-19-27(32)31-24-13-7-12-23(16-24)28(33)30-18-20-8-3-1-4-9-20/h1-17H,18-19H2,(H,30,33)(H,31,32). The monoisotopic (exact) mass is 514 g/mol. The average molecular weight is 515 g/mol. The first-order chi connectivity index (χ1) is 16.6. The lowest BCUT2D eigenvalue weighted by molar-refractivity contribution is -0.118. The Hall–Kier alpha value is -3.90. The van der Waals surface area contributed by atoms with Crippen LogP contribution in [0, 0.1) is 0 Å². The van der Waals surface area contributed by atoms with Crippen LogP contribution in [0.1, 0.15) is 15.9 Å². The van der Waals surface area contributed by atoms with Gasteiger partial charge in [0.05, 0.1) is 4.47 Å². The van der Waals surface area contributed by atoms with E-state index in [0.29, 0.717) is 23.5 Å². The number of hydrogen-bond donors (Lipinski definition) is 2. The largest absolute Gasteiger partial charge is 0.483 e. The van der Waals surface area contributed by atoms with Gasteiger partial charge in [-0.2, -0.15) is 0 Å². The molecule has 0 radical (unpaired) electrons. The van der Waals surface area contributed by atoms with Gasteiger partial charge in [-0.05, 0) is 63.0 Å². The Morgan fingerprint density at radius 1 is 0.765 bits per heavy atom. The average Bonchev–Trinajstić information content (AvgIpc) is 2.88. The lowest BCUT2D eigenvalue weighted by Crippen LogP contribution is -2.23. The molecule has 0 unspecified atom stereocenters. The molecule has 0 atom stereocenters. The van der Waals surface area contributed by atoms with Crippen molar-refractivity contribution in [2.75, 3.05) is 11.9 Å². The minimum absolute atomic E-state index is 0.159. The van der Waals surface area contributed by atoms with Crippen molar-refractivity contribution in [2.24, 2.45) is 0 Å². The number of halogens is 1. The lowest BCUT2D eigenvalue weighted by atomic mass is 10.1. The second kappa shape index (κ2) is 11.3. The maximum Gasteiger partial charge on any atom is 0.262 e. The van der Waals surface area contributed by atoms with Crippen molar-refractivity contribution in [3.63, 3.8) is 0 Å². The summed E-state index contributed by atoms with van der Waals surface area (Å²) in [5, 5.41) is 5.66. The van der Waals surface area contributed by atoms with Crippen LogP contribution in [0.25, 0.3) is 11.1 Å². The molecular weight excluding hydrogens is 492 g/mol. The van der Waals surface area contributed by atoms with Crippen molar-refractivity contribution < 1.29 is 14.3 Å². The molecule has 0 aromatic heterocycles. The normalized spacial score (nSPS) is 10.4. The second-order valence-electron chi connectivity index (χ2n) is 7.60. The Kier molecular flexibility index (Phi) is 7.73. The van der Waals surface area contributed by atoms with Crippen LogP contribution in [0.2, 0.25) is 0 Å². The fourth-order valence-corrected chi connectivity index (χ4v) is 3.88. The minimum atomic E-state index is -0.319. The van der Waals surface area contributed by atoms with Crippen LogP contribution in [0.15, 0.2) is 108 Å². The molecule has 4 aromatic rings. The van der Waals surface area contributed by atoms with Crippen LogP contribution in [0.3, 0.4) is 0 Å². The molecule has 34 heavy (non-hydrogen) atoms. The first-order valence-electron chi connectivity index (χ1n) is 10.8. The van der Waals surface area contributed by atoms with Gasteiger partial charge in [-0.25, -0.2) is 0 Å². The first-order valence-corrected chi connectivity index (χ1v) is 11.6. The molecule has 0 heterocycles. The number of rotatable bonds is 8. The van der Waals surface area contributed by atoms with Gasteiger partial charge in [-0.3, -0.25) is 9.59 Å². The molecule has 5 nitrogen and oxygen atoms in total. The maximum atomic E-state index is 12.5. The van der Waals surface area contributed by atoms with E-state index in [1.807, 2.05) is 78.9 Å². The van der Waals surface area contributed by atoms with Crippen molar-refractivity contribution >= 4 is 33.4 Å². The van der Waals surface area contributed by atoms with Gasteiger partial charge in [0.25, 0.3) is 11.8 Å². The number of carbonyl (C=O) groups excluding carboxylic acids is 2. The molecule has 0 saturated heterocycles. The van der Waals surface area contributed by atoms with Crippen molar-refractivity contribution in [2.45, 2.75) is 6.54 Å². The van der Waals surface area contributed by atoms with E-state index < -0.39 is 0 Å². The fourth-order valence-electron chi connectivity index (χ4n) is 3.39.